The van der Waals surface area contributed by atoms with Gasteiger partial charge in [0, 0.05) is 30.0 Å². The molecule has 0 fully saturated rings. The number of carbonyl (C=O) groups is 2. The number of rotatable bonds is 10. The smallest absolute Gasteiger partial charge is 0.249 e. The number of nitrogens with one attached hydrogen (secondary N) is 1. The van der Waals surface area contributed by atoms with Crippen LogP contribution in [-0.4, -0.2) is 48.9 Å². The van der Waals surface area contributed by atoms with Gasteiger partial charge in [-0.05, 0) is 50.6 Å². The van der Waals surface area contributed by atoms with Gasteiger partial charge in [-0.2, -0.15) is 0 Å². The molecular weight excluding hydrogens is 468 g/mol. The quantitative estimate of drug-likeness (QED) is 0.355. The zero-order chi connectivity index (χ0) is 26.6. The Morgan fingerprint density at radius 2 is 1.81 bits per heavy atom. The van der Waals surface area contributed by atoms with Gasteiger partial charge in [-0.3, -0.25) is 9.59 Å². The molecule has 0 radical (unpaired) electrons. The van der Waals surface area contributed by atoms with E-state index in [0.717, 1.165) is 17.5 Å². The molecule has 9 heteroatoms. The highest BCUT2D eigenvalue weighted by molar-refractivity contribution is 5.89. The van der Waals surface area contributed by atoms with Crippen molar-refractivity contribution in [2.75, 3.05) is 7.11 Å². The van der Waals surface area contributed by atoms with E-state index in [9.17, 15) is 9.59 Å². The Morgan fingerprint density at radius 1 is 1.08 bits per heavy atom. The van der Waals surface area contributed by atoms with Crippen molar-refractivity contribution in [2.24, 2.45) is 7.05 Å². The number of carbonyl (C=O) groups excluding carboxylic acids is 2. The Labute approximate surface area is 217 Å². The Balaban J connectivity index is 1.79. The molecule has 1 atom stereocenters. The van der Waals surface area contributed by atoms with Crippen LogP contribution in [0.5, 0.6) is 5.75 Å². The molecule has 4 rings (SSSR count). The number of para-hydroxylation sites is 2. The molecule has 194 valence electrons. The average molecular weight is 503 g/mol. The standard InChI is InChI=1S/C28H34N6O3/c1-6-28(2,3)29-27(36)26(23-15-11-17-32(23)4)33(18-20-12-7-10-16-24(20)37-5)25(35)19-34-22-14-9-8-13-21(22)30-31-34/h7-17,26H,6,18-19H2,1-5H3,(H,29,36). The molecule has 0 aliphatic rings. The molecule has 0 saturated heterocycles. The monoisotopic (exact) mass is 502 g/mol. The summed E-state index contributed by atoms with van der Waals surface area (Å²) >= 11 is 0. The average Bonchev–Trinajstić information content (AvgIpc) is 3.49. The Morgan fingerprint density at radius 3 is 2.51 bits per heavy atom. The predicted octanol–water partition coefficient (Wildman–Crippen LogP) is 3.85. The molecule has 37 heavy (non-hydrogen) atoms. The Hall–Kier alpha value is -4.14. The minimum Gasteiger partial charge on any atom is -0.496 e. The largest absolute Gasteiger partial charge is 0.496 e. The van der Waals surface area contributed by atoms with E-state index in [1.807, 2.05) is 99.2 Å². The molecular formula is C28H34N6O3. The molecule has 9 nitrogen and oxygen atoms in total. The van der Waals surface area contributed by atoms with Crippen LogP contribution in [0, 0.1) is 0 Å². The molecule has 0 saturated carbocycles. The zero-order valence-corrected chi connectivity index (χ0v) is 22.0. The van der Waals surface area contributed by atoms with E-state index in [4.69, 9.17) is 4.74 Å². The molecule has 0 spiro atoms. The van der Waals surface area contributed by atoms with E-state index in [2.05, 4.69) is 15.6 Å². The number of aromatic nitrogens is 4. The second-order valence-corrected chi connectivity index (χ2v) is 9.74. The normalized spacial score (nSPS) is 12.4. The van der Waals surface area contributed by atoms with Gasteiger partial charge in [-0.15, -0.1) is 5.10 Å². The van der Waals surface area contributed by atoms with Gasteiger partial charge in [-0.25, -0.2) is 4.68 Å². The summed E-state index contributed by atoms with van der Waals surface area (Å²) in [5.74, 6) is 0.129. The molecule has 0 aliphatic carbocycles. The lowest BCUT2D eigenvalue weighted by molar-refractivity contribution is -0.143. The molecule has 0 aliphatic heterocycles. The highest BCUT2D eigenvalue weighted by atomic mass is 16.5. The molecule has 2 aromatic carbocycles. The number of methoxy groups -OCH3 is 1. The van der Waals surface area contributed by atoms with Crippen LogP contribution in [0.1, 0.15) is 44.5 Å². The molecule has 1 N–H and O–H groups in total. The van der Waals surface area contributed by atoms with E-state index >= 15 is 0 Å². The van der Waals surface area contributed by atoms with Gasteiger partial charge in [0.2, 0.25) is 11.8 Å². The van der Waals surface area contributed by atoms with E-state index in [0.29, 0.717) is 17.0 Å². The minimum atomic E-state index is -0.877. The van der Waals surface area contributed by atoms with Gasteiger partial charge in [-0.1, -0.05) is 42.5 Å². The van der Waals surface area contributed by atoms with Crippen LogP contribution < -0.4 is 10.1 Å². The molecule has 2 amide bonds. The third kappa shape index (κ3) is 5.66. The van der Waals surface area contributed by atoms with E-state index in [1.165, 1.54) is 0 Å². The number of fused-ring (bicyclic) bond motifs is 1. The van der Waals surface area contributed by atoms with Crippen molar-refractivity contribution in [3.63, 3.8) is 0 Å². The molecule has 1 unspecified atom stereocenters. The van der Waals surface area contributed by atoms with Gasteiger partial charge in [0.15, 0.2) is 6.04 Å². The van der Waals surface area contributed by atoms with Crippen LogP contribution in [0.25, 0.3) is 11.0 Å². The van der Waals surface area contributed by atoms with Crippen molar-refractivity contribution in [2.45, 2.75) is 51.9 Å². The molecule has 2 aromatic heterocycles. The van der Waals surface area contributed by atoms with Gasteiger partial charge >= 0.3 is 0 Å². The van der Waals surface area contributed by atoms with Crippen molar-refractivity contribution in [1.82, 2.24) is 29.8 Å². The highest BCUT2D eigenvalue weighted by Crippen LogP contribution is 2.29. The first kappa shape index (κ1) is 25.9. The number of ether oxygens (including phenoxy) is 1. The third-order valence-electron chi connectivity index (χ3n) is 6.73. The fraction of sp³-hybridized carbons (Fsp3) is 0.357. The second kappa shape index (κ2) is 10.9. The van der Waals surface area contributed by atoms with Gasteiger partial charge in [0.25, 0.3) is 0 Å². The summed E-state index contributed by atoms with van der Waals surface area (Å²) in [6, 6.07) is 17.9. The van der Waals surface area contributed by atoms with Crippen LogP contribution in [0.15, 0.2) is 66.9 Å². The summed E-state index contributed by atoms with van der Waals surface area (Å²) in [6.45, 7) is 6.07. The Bertz CT molecular complexity index is 1390. The number of hydrogen-bond acceptors (Lipinski definition) is 5. The van der Waals surface area contributed by atoms with Crippen LogP contribution >= 0.6 is 0 Å². The number of benzene rings is 2. The summed E-state index contributed by atoms with van der Waals surface area (Å²) in [5, 5.41) is 11.5. The van der Waals surface area contributed by atoms with Crippen LogP contribution in [-0.2, 0) is 29.7 Å². The van der Waals surface area contributed by atoms with Gasteiger partial charge < -0.3 is 19.5 Å². The number of hydrogen-bond donors (Lipinski definition) is 1. The summed E-state index contributed by atoms with van der Waals surface area (Å²) in [4.78, 5) is 29.5. The number of nitrogens with zero attached hydrogens (tertiary/aromatic N) is 5. The first-order chi connectivity index (χ1) is 17.7. The van der Waals surface area contributed by atoms with Crippen molar-refractivity contribution < 1.29 is 14.3 Å². The second-order valence-electron chi connectivity index (χ2n) is 9.74. The first-order valence-electron chi connectivity index (χ1n) is 12.4. The maximum Gasteiger partial charge on any atom is 0.249 e. The third-order valence-corrected chi connectivity index (χ3v) is 6.73. The van der Waals surface area contributed by atoms with E-state index < -0.39 is 11.6 Å². The van der Waals surface area contributed by atoms with Crippen molar-refractivity contribution in [3.05, 3.63) is 78.1 Å². The van der Waals surface area contributed by atoms with Crippen LogP contribution in [0.4, 0.5) is 0 Å². The lowest BCUT2D eigenvalue weighted by Gasteiger charge is -2.35. The first-order valence-corrected chi connectivity index (χ1v) is 12.4. The topological polar surface area (TPSA) is 94.3 Å². The fourth-order valence-electron chi connectivity index (χ4n) is 4.28. The minimum absolute atomic E-state index is 0.0684. The fourth-order valence-corrected chi connectivity index (χ4v) is 4.28. The molecule has 4 aromatic rings. The van der Waals surface area contributed by atoms with Crippen molar-refractivity contribution >= 4 is 22.8 Å². The van der Waals surface area contributed by atoms with Crippen LogP contribution in [0.2, 0.25) is 0 Å². The highest BCUT2D eigenvalue weighted by Gasteiger charge is 2.36. The number of aryl methyl sites for hydroxylation is 1. The van der Waals surface area contributed by atoms with Crippen LogP contribution in [0.3, 0.4) is 0 Å². The number of amides is 2. The molecule has 2 heterocycles. The van der Waals surface area contributed by atoms with E-state index in [1.54, 1.807) is 16.7 Å². The van der Waals surface area contributed by atoms with Gasteiger partial charge in [0.05, 0.1) is 19.2 Å². The lowest BCUT2D eigenvalue weighted by Crippen LogP contribution is -2.51. The lowest BCUT2D eigenvalue weighted by atomic mass is 10.00. The molecule has 0 bridgehead atoms. The summed E-state index contributed by atoms with van der Waals surface area (Å²) in [7, 11) is 3.47. The van der Waals surface area contributed by atoms with E-state index in [-0.39, 0.29) is 24.9 Å². The Kier molecular flexibility index (Phi) is 7.61. The summed E-state index contributed by atoms with van der Waals surface area (Å²) in [6.07, 6.45) is 2.61. The van der Waals surface area contributed by atoms with Gasteiger partial charge in [0.1, 0.15) is 17.8 Å². The summed E-state index contributed by atoms with van der Waals surface area (Å²) < 4.78 is 9.01. The van der Waals surface area contributed by atoms with Crippen molar-refractivity contribution in [3.8, 4) is 5.75 Å². The van der Waals surface area contributed by atoms with Crippen molar-refractivity contribution in [1.29, 1.82) is 0 Å². The predicted molar refractivity (Wildman–Crippen MR) is 142 cm³/mol. The zero-order valence-electron chi connectivity index (χ0n) is 22.0. The SMILES string of the molecule is CCC(C)(C)NC(=O)C(c1cccn1C)N(Cc1ccccc1OC)C(=O)Cn1nnc2ccccc21. The maximum atomic E-state index is 14.1. The summed E-state index contributed by atoms with van der Waals surface area (Å²) in [5.41, 5.74) is 2.51. The maximum absolute atomic E-state index is 14.1.